The molecular formula is C23H30FN3O. The molecule has 28 heavy (non-hydrogen) atoms. The van der Waals surface area contributed by atoms with Gasteiger partial charge in [-0.3, -0.25) is 9.88 Å². The van der Waals surface area contributed by atoms with Gasteiger partial charge < -0.3 is 9.64 Å². The fraction of sp³-hybridized carbons (Fsp3) is 0.522. The molecule has 0 N–H and O–H groups in total. The maximum Gasteiger partial charge on any atom is 0.123 e. The number of likely N-dealkylation sites (tertiary alicyclic amines) is 1. The van der Waals surface area contributed by atoms with E-state index in [-0.39, 0.29) is 5.82 Å². The minimum Gasteiger partial charge on any atom is -0.372 e. The Balaban J connectivity index is 1.28. The Hall–Kier alpha value is -1.98. The van der Waals surface area contributed by atoms with Crippen LogP contribution in [0.1, 0.15) is 36.8 Å². The Morgan fingerprint density at radius 3 is 2.75 bits per heavy atom. The largest absolute Gasteiger partial charge is 0.372 e. The minimum absolute atomic E-state index is 0.151. The maximum absolute atomic E-state index is 13.4. The Labute approximate surface area is 167 Å². The fourth-order valence-electron chi connectivity index (χ4n) is 4.58. The highest BCUT2D eigenvalue weighted by atomic mass is 19.1. The molecule has 1 atom stereocenters. The normalized spacial score (nSPS) is 21.8. The zero-order chi connectivity index (χ0) is 19.3. The Bertz CT molecular complexity index is 762. The summed E-state index contributed by atoms with van der Waals surface area (Å²) < 4.78 is 19.6. The van der Waals surface area contributed by atoms with Crippen LogP contribution in [0.5, 0.6) is 0 Å². The van der Waals surface area contributed by atoms with Gasteiger partial charge in [-0.2, -0.15) is 0 Å². The van der Waals surface area contributed by atoms with Gasteiger partial charge in [0, 0.05) is 43.8 Å². The first kappa shape index (κ1) is 19.3. The minimum atomic E-state index is -0.151. The van der Waals surface area contributed by atoms with E-state index < -0.39 is 0 Å². The molecular weight excluding hydrogens is 353 g/mol. The van der Waals surface area contributed by atoms with Crippen molar-refractivity contribution in [2.75, 3.05) is 31.1 Å². The number of benzene rings is 1. The SMILES string of the molecule is Cc1cc(F)ccc1N1CCC(N2CCCC(OCc3cccnc3)C2)CC1. The molecule has 2 saturated heterocycles. The number of hydrogen-bond acceptors (Lipinski definition) is 4. The fourth-order valence-corrected chi connectivity index (χ4v) is 4.58. The second-order valence-electron chi connectivity index (χ2n) is 8.08. The lowest BCUT2D eigenvalue weighted by molar-refractivity contribution is -0.0242. The van der Waals surface area contributed by atoms with Gasteiger partial charge in [0.05, 0.1) is 12.7 Å². The Morgan fingerprint density at radius 1 is 1.14 bits per heavy atom. The smallest absolute Gasteiger partial charge is 0.123 e. The van der Waals surface area contributed by atoms with E-state index in [0.29, 0.717) is 18.8 Å². The molecule has 2 fully saturated rings. The molecule has 3 heterocycles. The number of halogens is 1. The zero-order valence-electron chi connectivity index (χ0n) is 16.7. The van der Waals surface area contributed by atoms with Crippen LogP contribution in [-0.2, 0) is 11.3 Å². The number of nitrogens with zero attached hydrogens (tertiary/aromatic N) is 3. The highest BCUT2D eigenvalue weighted by Gasteiger charge is 2.29. The van der Waals surface area contributed by atoms with Crippen molar-refractivity contribution in [3.63, 3.8) is 0 Å². The van der Waals surface area contributed by atoms with E-state index in [1.807, 2.05) is 25.3 Å². The number of piperidine rings is 2. The number of rotatable bonds is 5. The molecule has 1 unspecified atom stereocenters. The van der Waals surface area contributed by atoms with Crippen molar-refractivity contribution in [2.24, 2.45) is 0 Å². The summed E-state index contributed by atoms with van der Waals surface area (Å²) in [4.78, 5) is 9.20. The van der Waals surface area contributed by atoms with Crippen LogP contribution < -0.4 is 4.90 Å². The first-order valence-corrected chi connectivity index (χ1v) is 10.4. The van der Waals surface area contributed by atoms with E-state index in [1.54, 1.807) is 18.3 Å². The van der Waals surface area contributed by atoms with Gasteiger partial charge in [0.15, 0.2) is 0 Å². The number of aromatic nitrogens is 1. The van der Waals surface area contributed by atoms with Crippen molar-refractivity contribution < 1.29 is 9.13 Å². The molecule has 0 spiro atoms. The van der Waals surface area contributed by atoms with E-state index in [0.717, 1.165) is 50.0 Å². The van der Waals surface area contributed by atoms with Crippen molar-refractivity contribution in [3.8, 4) is 0 Å². The number of pyridine rings is 1. The van der Waals surface area contributed by atoms with Crippen LogP contribution >= 0.6 is 0 Å². The highest BCUT2D eigenvalue weighted by Crippen LogP contribution is 2.28. The second kappa shape index (κ2) is 9.01. The quantitative estimate of drug-likeness (QED) is 0.774. The molecule has 0 bridgehead atoms. The number of ether oxygens (including phenoxy) is 1. The molecule has 1 aromatic heterocycles. The molecule has 0 saturated carbocycles. The summed E-state index contributed by atoms with van der Waals surface area (Å²) in [6.07, 6.45) is 8.66. The van der Waals surface area contributed by atoms with Gasteiger partial charge in [0.2, 0.25) is 0 Å². The highest BCUT2D eigenvalue weighted by molar-refractivity contribution is 5.53. The van der Waals surface area contributed by atoms with Crippen LogP contribution in [0, 0.1) is 12.7 Å². The summed E-state index contributed by atoms with van der Waals surface area (Å²) in [5.41, 5.74) is 3.35. The monoisotopic (exact) mass is 383 g/mol. The van der Waals surface area contributed by atoms with E-state index in [4.69, 9.17) is 4.74 Å². The third kappa shape index (κ3) is 4.70. The van der Waals surface area contributed by atoms with Crippen LogP contribution in [0.15, 0.2) is 42.7 Å². The average Bonchev–Trinajstić information content (AvgIpc) is 2.73. The van der Waals surface area contributed by atoms with Gasteiger partial charge in [0.1, 0.15) is 5.82 Å². The molecule has 1 aromatic carbocycles. The van der Waals surface area contributed by atoms with Gasteiger partial charge in [0.25, 0.3) is 0 Å². The lowest BCUT2D eigenvalue weighted by Gasteiger charge is -2.43. The number of anilines is 1. The van der Waals surface area contributed by atoms with Gasteiger partial charge in [-0.25, -0.2) is 4.39 Å². The van der Waals surface area contributed by atoms with Crippen LogP contribution in [0.2, 0.25) is 0 Å². The summed E-state index contributed by atoms with van der Waals surface area (Å²) in [7, 11) is 0. The zero-order valence-corrected chi connectivity index (χ0v) is 16.7. The van der Waals surface area contributed by atoms with Crippen molar-refractivity contribution in [1.29, 1.82) is 0 Å². The third-order valence-electron chi connectivity index (χ3n) is 6.10. The number of hydrogen-bond donors (Lipinski definition) is 0. The lowest BCUT2D eigenvalue weighted by atomic mass is 9.98. The first-order valence-electron chi connectivity index (χ1n) is 10.4. The first-order chi connectivity index (χ1) is 13.7. The standard InChI is InChI=1S/C23H30FN3O/c1-18-14-20(24)6-7-23(18)26-12-8-21(9-13-26)27-11-3-5-22(16-27)28-17-19-4-2-10-25-15-19/h2,4,6-7,10,14-15,21-22H,3,5,8-9,11-13,16-17H2,1H3. The second-order valence-corrected chi connectivity index (χ2v) is 8.08. The van der Waals surface area contributed by atoms with Gasteiger partial charge in [-0.1, -0.05) is 6.07 Å². The molecule has 2 aliphatic heterocycles. The van der Waals surface area contributed by atoms with E-state index in [2.05, 4.69) is 20.9 Å². The maximum atomic E-state index is 13.4. The van der Waals surface area contributed by atoms with Crippen LogP contribution in [0.25, 0.3) is 0 Å². The molecule has 4 nitrogen and oxygen atoms in total. The number of aryl methyl sites for hydroxylation is 1. The summed E-state index contributed by atoms with van der Waals surface area (Å²) in [5.74, 6) is -0.151. The summed E-state index contributed by atoms with van der Waals surface area (Å²) >= 11 is 0. The van der Waals surface area contributed by atoms with Crippen LogP contribution in [0.4, 0.5) is 10.1 Å². The Morgan fingerprint density at radius 2 is 2.00 bits per heavy atom. The Kier molecular flexibility index (Phi) is 6.23. The van der Waals surface area contributed by atoms with Crippen molar-refractivity contribution in [2.45, 2.75) is 51.4 Å². The third-order valence-corrected chi connectivity index (χ3v) is 6.10. The van der Waals surface area contributed by atoms with Crippen molar-refractivity contribution in [3.05, 3.63) is 59.7 Å². The van der Waals surface area contributed by atoms with Crippen molar-refractivity contribution in [1.82, 2.24) is 9.88 Å². The molecule has 5 heteroatoms. The summed E-state index contributed by atoms with van der Waals surface area (Å²) in [6.45, 7) is 6.92. The predicted octanol–water partition coefficient (Wildman–Crippen LogP) is 4.18. The lowest BCUT2D eigenvalue weighted by Crippen LogP contribution is -2.50. The van der Waals surface area contributed by atoms with Crippen LogP contribution in [-0.4, -0.2) is 48.2 Å². The van der Waals surface area contributed by atoms with Crippen LogP contribution in [0.3, 0.4) is 0 Å². The molecule has 2 aromatic rings. The average molecular weight is 384 g/mol. The molecule has 0 aliphatic carbocycles. The van der Waals surface area contributed by atoms with E-state index >= 15 is 0 Å². The molecule has 0 radical (unpaired) electrons. The molecule has 0 amide bonds. The van der Waals surface area contributed by atoms with Gasteiger partial charge in [-0.15, -0.1) is 0 Å². The van der Waals surface area contributed by atoms with Crippen molar-refractivity contribution >= 4 is 5.69 Å². The predicted molar refractivity (Wildman–Crippen MR) is 110 cm³/mol. The van der Waals surface area contributed by atoms with E-state index in [1.165, 1.54) is 18.7 Å². The molecule has 4 rings (SSSR count). The van der Waals surface area contributed by atoms with Gasteiger partial charge >= 0.3 is 0 Å². The summed E-state index contributed by atoms with van der Waals surface area (Å²) in [5, 5.41) is 0. The molecule has 150 valence electrons. The van der Waals surface area contributed by atoms with Gasteiger partial charge in [-0.05, 0) is 74.5 Å². The topological polar surface area (TPSA) is 28.6 Å². The van der Waals surface area contributed by atoms with E-state index in [9.17, 15) is 4.39 Å². The molecule has 2 aliphatic rings. The summed E-state index contributed by atoms with van der Waals surface area (Å²) in [6, 6.07) is 9.79.